The highest BCUT2D eigenvalue weighted by atomic mass is 16.5. The Morgan fingerprint density at radius 1 is 1.17 bits per heavy atom. The molecule has 0 aliphatic carbocycles. The fourth-order valence-electron chi connectivity index (χ4n) is 0.852. The van der Waals surface area contributed by atoms with Gasteiger partial charge in [0.1, 0.15) is 6.54 Å². The lowest BCUT2D eigenvalue weighted by molar-refractivity contribution is -0.906. The maximum atomic E-state index is 5.03. The quantitative estimate of drug-likeness (QED) is 0.352. The topological polar surface area (TPSA) is 61.3 Å². The minimum atomic E-state index is 0.873. The zero-order chi connectivity index (χ0) is 10.0. The van der Waals surface area contributed by atoms with Gasteiger partial charge in [0.05, 0.1) is 26.7 Å². The predicted molar refractivity (Wildman–Crippen MR) is 52.4 cm³/mol. The molecule has 4 N–H and O–H groups in total. The number of quaternary nitrogens is 1. The second kappa shape index (κ2) is 8.93. The maximum absolute atomic E-state index is 5.03. The largest absolute Gasteiger partial charge is 0.379 e. The number of methoxy groups -OCH3 is 1. The first-order valence-corrected chi connectivity index (χ1v) is 4.34. The van der Waals surface area contributed by atoms with Gasteiger partial charge in [0.2, 0.25) is 0 Å². The summed E-state index contributed by atoms with van der Waals surface area (Å²) in [5, 5.41) is 0. The molecule has 0 fully saturated rings. The molecule has 0 amide bonds. The molecular weight excluding hydrogens is 154 g/mol. The minimum absolute atomic E-state index is 0.873. The first kappa shape index (κ1) is 14.4. The van der Waals surface area contributed by atoms with Crippen molar-refractivity contribution in [3.63, 3.8) is 0 Å². The lowest BCUT2D eigenvalue weighted by Crippen LogP contribution is -2.45. The standard InChI is InChI=1S/C8H20NO.H4N2/c1-5-9(3,6-2)7-8-10-4;1-2/h5-8H2,1-4H3;1-2H2/q+1;. The highest BCUT2D eigenvalue weighted by molar-refractivity contribution is 4.32. The van der Waals surface area contributed by atoms with Gasteiger partial charge in [-0.2, -0.15) is 0 Å². The number of rotatable bonds is 5. The number of nitrogens with two attached hydrogens (primary N) is 2. The van der Waals surface area contributed by atoms with Crippen LogP contribution in [0, 0.1) is 0 Å². The first-order valence-electron chi connectivity index (χ1n) is 4.34. The first-order chi connectivity index (χ1) is 5.68. The van der Waals surface area contributed by atoms with E-state index in [4.69, 9.17) is 4.74 Å². The molecule has 0 aromatic heterocycles. The van der Waals surface area contributed by atoms with Crippen LogP contribution in [-0.2, 0) is 4.74 Å². The van der Waals surface area contributed by atoms with Gasteiger partial charge >= 0.3 is 0 Å². The molecule has 0 rings (SSSR count). The Hall–Kier alpha value is -0.160. The van der Waals surface area contributed by atoms with E-state index in [0.29, 0.717) is 0 Å². The molecule has 0 aromatic rings. The molecule has 0 unspecified atom stereocenters. The Balaban J connectivity index is 0. The van der Waals surface area contributed by atoms with Crippen molar-refractivity contribution in [2.45, 2.75) is 13.8 Å². The summed E-state index contributed by atoms with van der Waals surface area (Å²) in [6, 6.07) is 0. The van der Waals surface area contributed by atoms with Crippen LogP contribution in [0.4, 0.5) is 0 Å². The number of hydrogen-bond donors (Lipinski definition) is 2. The summed E-state index contributed by atoms with van der Waals surface area (Å²) in [6.07, 6.45) is 0. The van der Waals surface area contributed by atoms with Gasteiger partial charge in [0.25, 0.3) is 0 Å². The van der Waals surface area contributed by atoms with Crippen molar-refractivity contribution < 1.29 is 9.22 Å². The summed E-state index contributed by atoms with van der Waals surface area (Å²) in [6.45, 7) is 8.83. The molecular formula is C8H24N3O+. The summed E-state index contributed by atoms with van der Waals surface area (Å²) in [5.74, 6) is 8.00. The second-order valence-corrected chi connectivity index (χ2v) is 2.97. The number of hydrogen-bond acceptors (Lipinski definition) is 3. The van der Waals surface area contributed by atoms with Crippen LogP contribution in [0.5, 0.6) is 0 Å². The summed E-state index contributed by atoms with van der Waals surface area (Å²) in [4.78, 5) is 0. The lowest BCUT2D eigenvalue weighted by atomic mass is 10.4. The second-order valence-electron chi connectivity index (χ2n) is 2.97. The van der Waals surface area contributed by atoms with Gasteiger partial charge < -0.3 is 9.22 Å². The average molecular weight is 178 g/mol. The van der Waals surface area contributed by atoms with Crippen molar-refractivity contribution in [3.05, 3.63) is 0 Å². The molecule has 0 heterocycles. The van der Waals surface area contributed by atoms with Gasteiger partial charge in [-0.25, -0.2) is 0 Å². The monoisotopic (exact) mass is 178 g/mol. The van der Waals surface area contributed by atoms with Gasteiger partial charge in [0, 0.05) is 7.11 Å². The van der Waals surface area contributed by atoms with Gasteiger partial charge in [-0.3, -0.25) is 11.7 Å². The van der Waals surface area contributed by atoms with Crippen molar-refractivity contribution in [2.75, 3.05) is 40.4 Å². The molecule has 4 nitrogen and oxygen atoms in total. The fraction of sp³-hybridized carbons (Fsp3) is 1.00. The summed E-state index contributed by atoms with van der Waals surface area (Å²) < 4.78 is 6.14. The van der Waals surface area contributed by atoms with E-state index in [1.54, 1.807) is 7.11 Å². The summed E-state index contributed by atoms with van der Waals surface area (Å²) >= 11 is 0. The summed E-state index contributed by atoms with van der Waals surface area (Å²) in [5.41, 5.74) is 0. The van der Waals surface area contributed by atoms with Crippen molar-refractivity contribution in [1.82, 2.24) is 0 Å². The van der Waals surface area contributed by atoms with Gasteiger partial charge in [-0.1, -0.05) is 0 Å². The number of hydrazine groups is 1. The Kier molecular flexibility index (Phi) is 10.7. The Labute approximate surface area is 76.0 Å². The third kappa shape index (κ3) is 6.54. The van der Waals surface area contributed by atoms with E-state index in [2.05, 4.69) is 32.6 Å². The van der Waals surface area contributed by atoms with Gasteiger partial charge in [-0.15, -0.1) is 0 Å². The third-order valence-corrected chi connectivity index (χ3v) is 2.36. The van der Waals surface area contributed by atoms with Crippen LogP contribution in [0.25, 0.3) is 0 Å². The molecule has 76 valence electrons. The molecule has 0 aliphatic rings. The molecule has 0 aliphatic heterocycles. The van der Waals surface area contributed by atoms with Crippen LogP contribution in [-0.4, -0.2) is 44.9 Å². The van der Waals surface area contributed by atoms with Crippen LogP contribution < -0.4 is 11.7 Å². The lowest BCUT2D eigenvalue weighted by Gasteiger charge is -2.31. The average Bonchev–Trinajstić information content (AvgIpc) is 2.17. The normalized spacial score (nSPS) is 10.5. The van der Waals surface area contributed by atoms with E-state index in [9.17, 15) is 0 Å². The molecule has 0 saturated heterocycles. The van der Waals surface area contributed by atoms with E-state index in [-0.39, 0.29) is 0 Å². The van der Waals surface area contributed by atoms with Crippen LogP contribution in [0.15, 0.2) is 0 Å². The smallest absolute Gasteiger partial charge is 0.102 e. The van der Waals surface area contributed by atoms with E-state index in [1.807, 2.05) is 0 Å². The molecule has 0 spiro atoms. The molecule has 0 aromatic carbocycles. The zero-order valence-corrected chi connectivity index (χ0v) is 8.84. The highest BCUT2D eigenvalue weighted by Crippen LogP contribution is 1.99. The van der Waals surface area contributed by atoms with Crippen LogP contribution in [0.3, 0.4) is 0 Å². The van der Waals surface area contributed by atoms with E-state index >= 15 is 0 Å². The van der Waals surface area contributed by atoms with E-state index < -0.39 is 0 Å². The van der Waals surface area contributed by atoms with Crippen molar-refractivity contribution >= 4 is 0 Å². The Morgan fingerprint density at radius 3 is 1.83 bits per heavy atom. The Morgan fingerprint density at radius 2 is 1.58 bits per heavy atom. The van der Waals surface area contributed by atoms with Crippen LogP contribution in [0.2, 0.25) is 0 Å². The van der Waals surface area contributed by atoms with Crippen molar-refractivity contribution in [1.29, 1.82) is 0 Å². The molecule has 0 radical (unpaired) electrons. The van der Waals surface area contributed by atoms with Crippen molar-refractivity contribution in [2.24, 2.45) is 11.7 Å². The predicted octanol–water partition coefficient (Wildman–Crippen LogP) is -0.0620. The molecule has 0 atom stereocenters. The number of likely N-dealkylation sites (N-methyl/N-ethyl adjacent to an activating group) is 1. The zero-order valence-electron chi connectivity index (χ0n) is 8.84. The third-order valence-electron chi connectivity index (χ3n) is 2.36. The Bertz CT molecular complexity index is 84.4. The van der Waals surface area contributed by atoms with E-state index in [0.717, 1.165) is 17.6 Å². The van der Waals surface area contributed by atoms with E-state index in [1.165, 1.54) is 13.1 Å². The molecule has 4 heteroatoms. The molecule has 12 heavy (non-hydrogen) atoms. The highest BCUT2D eigenvalue weighted by Gasteiger charge is 2.14. The molecule has 0 bridgehead atoms. The number of nitrogens with zero attached hydrogens (tertiary/aromatic N) is 1. The van der Waals surface area contributed by atoms with Gasteiger partial charge in [-0.05, 0) is 13.8 Å². The van der Waals surface area contributed by atoms with Gasteiger partial charge in [0.15, 0.2) is 0 Å². The van der Waals surface area contributed by atoms with Crippen LogP contribution >= 0.6 is 0 Å². The number of ether oxygens (including phenoxy) is 1. The maximum Gasteiger partial charge on any atom is 0.102 e. The fourth-order valence-corrected chi connectivity index (χ4v) is 0.852. The van der Waals surface area contributed by atoms with Crippen LogP contribution in [0.1, 0.15) is 13.8 Å². The van der Waals surface area contributed by atoms with Crippen molar-refractivity contribution in [3.8, 4) is 0 Å². The SMILES string of the molecule is CC[N+](C)(CC)CCOC.NN. The summed E-state index contributed by atoms with van der Waals surface area (Å²) in [7, 11) is 4.02. The molecule has 0 saturated carbocycles. The minimum Gasteiger partial charge on any atom is -0.379 e.